The van der Waals surface area contributed by atoms with Gasteiger partial charge in [0, 0.05) is 16.8 Å². The number of halogens is 1. The molecular formula is C13H11ClN2O2. The molecule has 2 aromatic rings. The average molecular weight is 263 g/mol. The van der Waals surface area contributed by atoms with E-state index >= 15 is 0 Å². The van der Waals surface area contributed by atoms with Gasteiger partial charge < -0.3 is 5.11 Å². The van der Waals surface area contributed by atoms with Crippen LogP contribution in [0.2, 0.25) is 5.02 Å². The highest BCUT2D eigenvalue weighted by Crippen LogP contribution is 2.20. The van der Waals surface area contributed by atoms with Crippen molar-refractivity contribution in [2.24, 2.45) is 0 Å². The van der Waals surface area contributed by atoms with Crippen molar-refractivity contribution < 1.29 is 9.90 Å². The van der Waals surface area contributed by atoms with Crippen LogP contribution in [0.4, 0.5) is 0 Å². The van der Waals surface area contributed by atoms with Crippen LogP contribution in [-0.4, -0.2) is 21.0 Å². The number of hydrogen-bond donors (Lipinski definition) is 1. The number of aromatic carboxylic acids is 1. The molecule has 0 amide bonds. The Morgan fingerprint density at radius 1 is 1.44 bits per heavy atom. The Morgan fingerprint density at radius 3 is 2.83 bits per heavy atom. The summed E-state index contributed by atoms with van der Waals surface area (Å²) in [5, 5.41) is 9.60. The van der Waals surface area contributed by atoms with E-state index in [-0.39, 0.29) is 5.56 Å². The lowest BCUT2D eigenvalue weighted by atomic mass is 10.1. The van der Waals surface area contributed by atoms with Crippen molar-refractivity contribution in [3.8, 4) is 11.4 Å². The van der Waals surface area contributed by atoms with Crippen molar-refractivity contribution in [1.82, 2.24) is 9.97 Å². The van der Waals surface area contributed by atoms with Crippen LogP contribution in [0, 0.1) is 0 Å². The molecule has 0 aliphatic carbocycles. The molecule has 1 N–H and O–H groups in total. The third-order valence-corrected chi connectivity index (χ3v) is 2.75. The minimum absolute atomic E-state index is 0.142. The Morgan fingerprint density at radius 2 is 2.22 bits per heavy atom. The zero-order valence-electron chi connectivity index (χ0n) is 9.72. The first-order valence-electron chi connectivity index (χ1n) is 5.47. The summed E-state index contributed by atoms with van der Waals surface area (Å²) in [4.78, 5) is 19.3. The summed E-state index contributed by atoms with van der Waals surface area (Å²) in [6, 6.07) is 7.15. The lowest BCUT2D eigenvalue weighted by Crippen LogP contribution is -2.06. The van der Waals surface area contributed by atoms with Gasteiger partial charge in [-0.05, 0) is 18.6 Å². The molecule has 18 heavy (non-hydrogen) atoms. The number of carbonyl (C=O) groups is 1. The number of aromatic nitrogens is 2. The summed E-state index contributed by atoms with van der Waals surface area (Å²) in [7, 11) is 0. The molecule has 5 heteroatoms. The molecule has 1 heterocycles. The van der Waals surface area contributed by atoms with Crippen molar-refractivity contribution in [1.29, 1.82) is 0 Å². The van der Waals surface area contributed by atoms with Crippen LogP contribution in [0.1, 0.15) is 23.0 Å². The molecule has 0 aliphatic heterocycles. The summed E-state index contributed by atoms with van der Waals surface area (Å²) >= 11 is 5.90. The van der Waals surface area contributed by atoms with Gasteiger partial charge in [0.25, 0.3) is 0 Å². The monoisotopic (exact) mass is 262 g/mol. The van der Waals surface area contributed by atoms with Crippen molar-refractivity contribution in [3.05, 3.63) is 46.7 Å². The van der Waals surface area contributed by atoms with Crippen LogP contribution in [-0.2, 0) is 6.42 Å². The van der Waals surface area contributed by atoms with Crippen LogP contribution >= 0.6 is 11.6 Å². The van der Waals surface area contributed by atoms with Gasteiger partial charge >= 0.3 is 5.97 Å². The van der Waals surface area contributed by atoms with Gasteiger partial charge in [-0.15, -0.1) is 0 Å². The van der Waals surface area contributed by atoms with Gasteiger partial charge in [-0.25, -0.2) is 14.8 Å². The maximum atomic E-state index is 11.0. The van der Waals surface area contributed by atoms with E-state index in [9.17, 15) is 4.79 Å². The third kappa shape index (κ3) is 2.49. The fraction of sp³-hybridized carbons (Fsp3) is 0.154. The smallest absolute Gasteiger partial charge is 0.339 e. The molecule has 0 saturated carbocycles. The first-order valence-corrected chi connectivity index (χ1v) is 5.84. The van der Waals surface area contributed by atoms with Gasteiger partial charge in [0.2, 0.25) is 0 Å². The van der Waals surface area contributed by atoms with E-state index in [1.165, 1.54) is 6.20 Å². The fourth-order valence-corrected chi connectivity index (χ4v) is 1.82. The van der Waals surface area contributed by atoms with E-state index in [0.29, 0.717) is 23.0 Å². The molecular weight excluding hydrogens is 252 g/mol. The maximum absolute atomic E-state index is 11.0. The first-order chi connectivity index (χ1) is 8.61. The van der Waals surface area contributed by atoms with Crippen molar-refractivity contribution in [3.63, 3.8) is 0 Å². The zero-order valence-corrected chi connectivity index (χ0v) is 10.5. The molecule has 0 bridgehead atoms. The molecule has 0 fully saturated rings. The van der Waals surface area contributed by atoms with E-state index in [1.807, 2.05) is 13.0 Å². The summed E-state index contributed by atoms with van der Waals surface area (Å²) in [6.45, 7) is 1.86. The lowest BCUT2D eigenvalue weighted by Gasteiger charge is -2.05. The van der Waals surface area contributed by atoms with Gasteiger partial charge in [-0.1, -0.05) is 30.7 Å². The molecule has 0 unspecified atom stereocenters. The van der Waals surface area contributed by atoms with Crippen LogP contribution in [0.3, 0.4) is 0 Å². The Hall–Kier alpha value is -1.94. The Kier molecular flexibility index (Phi) is 3.58. The molecule has 2 rings (SSSR count). The predicted molar refractivity (Wildman–Crippen MR) is 68.8 cm³/mol. The maximum Gasteiger partial charge on any atom is 0.339 e. The second-order valence-electron chi connectivity index (χ2n) is 3.72. The van der Waals surface area contributed by atoms with E-state index in [2.05, 4.69) is 9.97 Å². The summed E-state index contributed by atoms with van der Waals surface area (Å²) in [5.74, 6) is -0.524. The van der Waals surface area contributed by atoms with Gasteiger partial charge in [-0.3, -0.25) is 0 Å². The molecule has 1 aromatic heterocycles. The average Bonchev–Trinajstić information content (AvgIpc) is 2.37. The molecule has 92 valence electrons. The SMILES string of the molecule is CCc1nc(-c2cccc(Cl)c2)ncc1C(=O)O. The van der Waals surface area contributed by atoms with Crippen LogP contribution in [0.5, 0.6) is 0 Å². The molecule has 0 aliphatic rings. The molecule has 1 aromatic carbocycles. The van der Waals surface area contributed by atoms with Crippen LogP contribution in [0.25, 0.3) is 11.4 Å². The van der Waals surface area contributed by atoms with E-state index in [4.69, 9.17) is 16.7 Å². The second kappa shape index (κ2) is 5.14. The highest BCUT2D eigenvalue weighted by atomic mass is 35.5. The number of carboxylic acids is 1. The van der Waals surface area contributed by atoms with Gasteiger partial charge in [-0.2, -0.15) is 0 Å². The van der Waals surface area contributed by atoms with E-state index < -0.39 is 5.97 Å². The third-order valence-electron chi connectivity index (χ3n) is 2.52. The van der Waals surface area contributed by atoms with Crippen molar-refractivity contribution in [2.75, 3.05) is 0 Å². The molecule has 0 atom stereocenters. The summed E-state index contributed by atoms with van der Waals surface area (Å²) < 4.78 is 0. The zero-order chi connectivity index (χ0) is 13.1. The Balaban J connectivity index is 2.51. The van der Waals surface area contributed by atoms with Crippen molar-refractivity contribution in [2.45, 2.75) is 13.3 Å². The van der Waals surface area contributed by atoms with Gasteiger partial charge in [0.1, 0.15) is 0 Å². The van der Waals surface area contributed by atoms with Crippen LogP contribution < -0.4 is 0 Å². The number of hydrogen-bond acceptors (Lipinski definition) is 3. The van der Waals surface area contributed by atoms with Gasteiger partial charge in [0.15, 0.2) is 5.82 Å². The first kappa shape index (κ1) is 12.5. The molecule has 4 nitrogen and oxygen atoms in total. The van der Waals surface area contributed by atoms with Crippen LogP contribution in [0.15, 0.2) is 30.5 Å². The largest absolute Gasteiger partial charge is 0.478 e. The van der Waals surface area contributed by atoms with Crippen molar-refractivity contribution >= 4 is 17.6 Å². The Bertz CT molecular complexity index is 599. The van der Waals surface area contributed by atoms with Gasteiger partial charge in [0.05, 0.1) is 11.3 Å². The predicted octanol–water partition coefficient (Wildman–Crippen LogP) is 3.06. The lowest BCUT2D eigenvalue weighted by molar-refractivity contribution is 0.0694. The summed E-state index contributed by atoms with van der Waals surface area (Å²) in [6.07, 6.45) is 1.88. The fourth-order valence-electron chi connectivity index (χ4n) is 1.63. The second-order valence-corrected chi connectivity index (χ2v) is 4.16. The molecule has 0 radical (unpaired) electrons. The number of nitrogens with zero attached hydrogens (tertiary/aromatic N) is 2. The highest BCUT2D eigenvalue weighted by molar-refractivity contribution is 6.30. The highest BCUT2D eigenvalue weighted by Gasteiger charge is 2.12. The number of carboxylic acid groups (broad SMARTS) is 1. The quantitative estimate of drug-likeness (QED) is 0.923. The number of aryl methyl sites for hydroxylation is 1. The topological polar surface area (TPSA) is 63.1 Å². The van der Waals surface area contributed by atoms with E-state index in [0.717, 1.165) is 5.56 Å². The Labute approximate surface area is 109 Å². The molecule has 0 saturated heterocycles. The summed E-state index contributed by atoms with van der Waals surface area (Å²) in [5.41, 5.74) is 1.44. The van der Waals surface area contributed by atoms with E-state index in [1.54, 1.807) is 18.2 Å². The number of benzene rings is 1. The standard InChI is InChI=1S/C13H11ClN2O2/c1-2-11-10(13(17)18)7-15-12(16-11)8-4-3-5-9(14)6-8/h3-7H,2H2,1H3,(H,17,18). The molecule has 0 spiro atoms. The minimum atomic E-state index is -1.01. The minimum Gasteiger partial charge on any atom is -0.478 e. The number of rotatable bonds is 3. The normalized spacial score (nSPS) is 10.3.